The smallest absolute Gasteiger partial charge is 0.240 e. The number of nitrogens with one attached hydrogen (secondary N) is 1. The summed E-state index contributed by atoms with van der Waals surface area (Å²) in [6.45, 7) is 3.96. The quantitative estimate of drug-likeness (QED) is 0.781. The standard InChI is InChI=1S/C12H19NO4S/c1-3-8-17-11-4-6-12(7-5-11)18(15,16)13-10(2)9-14/h4-7,10,13-14H,3,8-9H2,1-2H3. The van der Waals surface area contributed by atoms with E-state index >= 15 is 0 Å². The molecular formula is C12H19NO4S. The molecule has 0 fully saturated rings. The molecule has 0 heterocycles. The molecule has 0 aromatic heterocycles. The van der Waals surface area contributed by atoms with Gasteiger partial charge in [-0.1, -0.05) is 6.92 Å². The summed E-state index contributed by atoms with van der Waals surface area (Å²) in [6.07, 6.45) is 0.898. The van der Waals surface area contributed by atoms with Crippen LogP contribution in [0.25, 0.3) is 0 Å². The third-order valence-corrected chi connectivity index (χ3v) is 3.84. The number of aliphatic hydroxyl groups is 1. The van der Waals surface area contributed by atoms with E-state index in [2.05, 4.69) is 4.72 Å². The normalized spacial score (nSPS) is 13.3. The molecule has 5 nitrogen and oxygen atoms in total. The first-order chi connectivity index (χ1) is 8.49. The molecule has 1 aromatic carbocycles. The van der Waals surface area contributed by atoms with Gasteiger partial charge < -0.3 is 9.84 Å². The van der Waals surface area contributed by atoms with Crippen LogP contribution in [0.5, 0.6) is 5.75 Å². The first-order valence-electron chi connectivity index (χ1n) is 5.85. The number of rotatable bonds is 7. The molecule has 2 N–H and O–H groups in total. The third kappa shape index (κ3) is 4.29. The van der Waals surface area contributed by atoms with Gasteiger partial charge in [0.1, 0.15) is 5.75 Å². The molecule has 6 heteroatoms. The molecule has 0 saturated heterocycles. The molecule has 1 atom stereocenters. The van der Waals surface area contributed by atoms with Crippen LogP contribution < -0.4 is 9.46 Å². The highest BCUT2D eigenvalue weighted by Gasteiger charge is 2.16. The van der Waals surface area contributed by atoms with E-state index in [-0.39, 0.29) is 11.5 Å². The summed E-state index contributed by atoms with van der Waals surface area (Å²) in [6, 6.07) is 5.70. The molecule has 0 bridgehead atoms. The zero-order chi connectivity index (χ0) is 13.6. The van der Waals surface area contributed by atoms with Gasteiger partial charge >= 0.3 is 0 Å². The Balaban J connectivity index is 2.77. The maximum absolute atomic E-state index is 11.9. The third-order valence-electron chi connectivity index (χ3n) is 2.24. The predicted octanol–water partition coefficient (Wildman–Crippen LogP) is 1.13. The van der Waals surface area contributed by atoms with Crippen LogP contribution in [0, 0.1) is 0 Å². The van der Waals surface area contributed by atoms with Crippen LogP contribution in [0.4, 0.5) is 0 Å². The first kappa shape index (κ1) is 14.9. The molecule has 1 rings (SSSR count). The molecule has 0 spiro atoms. The Kier molecular flexibility index (Phi) is 5.58. The predicted molar refractivity (Wildman–Crippen MR) is 69.1 cm³/mol. The molecule has 0 amide bonds. The van der Waals surface area contributed by atoms with Crippen molar-refractivity contribution >= 4 is 10.0 Å². The number of benzene rings is 1. The van der Waals surface area contributed by atoms with Crippen LogP contribution in [0.3, 0.4) is 0 Å². The average Bonchev–Trinajstić information content (AvgIpc) is 2.36. The summed E-state index contributed by atoms with van der Waals surface area (Å²) < 4.78 is 31.5. The second kappa shape index (κ2) is 6.72. The Bertz CT molecular complexity index is 455. The minimum absolute atomic E-state index is 0.159. The summed E-state index contributed by atoms with van der Waals surface area (Å²) in [7, 11) is -3.57. The van der Waals surface area contributed by atoms with Gasteiger partial charge in [-0.2, -0.15) is 0 Å². The van der Waals surface area contributed by atoms with Gasteiger partial charge in [0.2, 0.25) is 10.0 Å². The second-order valence-electron chi connectivity index (χ2n) is 4.02. The molecule has 0 saturated carbocycles. The van der Waals surface area contributed by atoms with Crippen LogP contribution >= 0.6 is 0 Å². The summed E-state index contributed by atoms with van der Waals surface area (Å²) in [5, 5.41) is 8.84. The minimum atomic E-state index is -3.57. The van der Waals surface area contributed by atoms with E-state index in [0.717, 1.165) is 6.42 Å². The summed E-state index contributed by atoms with van der Waals surface area (Å²) in [5.41, 5.74) is 0. The maximum Gasteiger partial charge on any atom is 0.240 e. The fraction of sp³-hybridized carbons (Fsp3) is 0.500. The fourth-order valence-electron chi connectivity index (χ4n) is 1.31. The van der Waals surface area contributed by atoms with Crippen molar-refractivity contribution in [2.45, 2.75) is 31.2 Å². The van der Waals surface area contributed by atoms with E-state index < -0.39 is 16.1 Å². The molecule has 0 radical (unpaired) electrons. The Hall–Kier alpha value is -1.11. The van der Waals surface area contributed by atoms with E-state index in [1.165, 1.54) is 12.1 Å². The monoisotopic (exact) mass is 273 g/mol. The molecule has 1 unspecified atom stereocenters. The second-order valence-corrected chi connectivity index (χ2v) is 5.74. The van der Waals surface area contributed by atoms with E-state index in [1.807, 2.05) is 6.92 Å². The van der Waals surface area contributed by atoms with E-state index in [0.29, 0.717) is 12.4 Å². The lowest BCUT2D eigenvalue weighted by Gasteiger charge is -2.12. The van der Waals surface area contributed by atoms with Crippen molar-refractivity contribution in [3.05, 3.63) is 24.3 Å². The van der Waals surface area contributed by atoms with E-state index in [1.54, 1.807) is 19.1 Å². The molecule has 102 valence electrons. The SMILES string of the molecule is CCCOc1ccc(S(=O)(=O)NC(C)CO)cc1. The van der Waals surface area contributed by atoms with Crippen LogP contribution in [0.1, 0.15) is 20.3 Å². The largest absolute Gasteiger partial charge is 0.494 e. The summed E-state index contributed by atoms with van der Waals surface area (Å²) in [4.78, 5) is 0.159. The minimum Gasteiger partial charge on any atom is -0.494 e. The van der Waals surface area contributed by atoms with Crippen molar-refractivity contribution in [2.24, 2.45) is 0 Å². The van der Waals surface area contributed by atoms with Crippen LogP contribution in [0.15, 0.2) is 29.2 Å². The molecule has 0 aliphatic rings. The highest BCUT2D eigenvalue weighted by atomic mass is 32.2. The van der Waals surface area contributed by atoms with Crippen LogP contribution in [-0.4, -0.2) is 32.8 Å². The summed E-state index contributed by atoms with van der Waals surface area (Å²) >= 11 is 0. The van der Waals surface area contributed by atoms with Crippen LogP contribution in [-0.2, 0) is 10.0 Å². The fourth-order valence-corrected chi connectivity index (χ4v) is 2.54. The Morgan fingerprint density at radius 1 is 1.33 bits per heavy atom. The molecule has 0 aliphatic carbocycles. The van der Waals surface area contributed by atoms with Crippen molar-refractivity contribution in [1.29, 1.82) is 0 Å². The Morgan fingerprint density at radius 2 is 1.94 bits per heavy atom. The van der Waals surface area contributed by atoms with Gasteiger partial charge in [0.05, 0.1) is 18.1 Å². The van der Waals surface area contributed by atoms with Crippen molar-refractivity contribution in [3.8, 4) is 5.75 Å². The van der Waals surface area contributed by atoms with Gasteiger partial charge in [0.15, 0.2) is 0 Å². The number of hydrogen-bond donors (Lipinski definition) is 2. The molecule has 1 aromatic rings. The zero-order valence-electron chi connectivity index (χ0n) is 10.6. The lowest BCUT2D eigenvalue weighted by molar-refractivity contribution is 0.265. The highest BCUT2D eigenvalue weighted by Crippen LogP contribution is 2.16. The van der Waals surface area contributed by atoms with E-state index in [4.69, 9.17) is 9.84 Å². The number of ether oxygens (including phenoxy) is 1. The van der Waals surface area contributed by atoms with Gasteiger partial charge in [-0.25, -0.2) is 13.1 Å². The van der Waals surface area contributed by atoms with E-state index in [9.17, 15) is 8.42 Å². The van der Waals surface area contributed by atoms with Crippen molar-refractivity contribution in [2.75, 3.05) is 13.2 Å². The maximum atomic E-state index is 11.9. The Morgan fingerprint density at radius 3 is 2.44 bits per heavy atom. The van der Waals surface area contributed by atoms with Gasteiger partial charge in [0.25, 0.3) is 0 Å². The van der Waals surface area contributed by atoms with Gasteiger partial charge in [-0.3, -0.25) is 0 Å². The number of hydrogen-bond acceptors (Lipinski definition) is 4. The average molecular weight is 273 g/mol. The van der Waals surface area contributed by atoms with Crippen molar-refractivity contribution < 1.29 is 18.3 Å². The van der Waals surface area contributed by atoms with Gasteiger partial charge in [0, 0.05) is 6.04 Å². The van der Waals surface area contributed by atoms with Crippen molar-refractivity contribution in [1.82, 2.24) is 4.72 Å². The topological polar surface area (TPSA) is 75.6 Å². The van der Waals surface area contributed by atoms with Crippen LogP contribution in [0.2, 0.25) is 0 Å². The number of aliphatic hydroxyl groups excluding tert-OH is 1. The number of sulfonamides is 1. The lowest BCUT2D eigenvalue weighted by atomic mass is 10.3. The van der Waals surface area contributed by atoms with Gasteiger partial charge in [-0.15, -0.1) is 0 Å². The lowest BCUT2D eigenvalue weighted by Crippen LogP contribution is -2.34. The zero-order valence-corrected chi connectivity index (χ0v) is 11.4. The van der Waals surface area contributed by atoms with Gasteiger partial charge in [-0.05, 0) is 37.6 Å². The highest BCUT2D eigenvalue weighted by molar-refractivity contribution is 7.89. The molecule has 18 heavy (non-hydrogen) atoms. The first-order valence-corrected chi connectivity index (χ1v) is 7.34. The van der Waals surface area contributed by atoms with Crippen molar-refractivity contribution in [3.63, 3.8) is 0 Å². The molecule has 0 aliphatic heterocycles. The molecular weight excluding hydrogens is 254 g/mol. The summed E-state index contributed by atoms with van der Waals surface area (Å²) in [5.74, 6) is 0.644. The Labute approximate surface area is 108 Å².